The molecule has 1 aliphatic heterocycles. The van der Waals surface area contributed by atoms with Gasteiger partial charge in [-0.15, -0.1) is 0 Å². The van der Waals surface area contributed by atoms with E-state index < -0.39 is 0 Å². The third-order valence-corrected chi connectivity index (χ3v) is 6.14. The minimum Gasteiger partial charge on any atom is -0.308 e. The number of nitrogens with zero attached hydrogens (tertiary/aromatic N) is 2. The highest BCUT2D eigenvalue weighted by Crippen LogP contribution is 2.32. The molecule has 0 aliphatic carbocycles. The fourth-order valence-corrected chi connectivity index (χ4v) is 4.53. The molecule has 2 heterocycles. The van der Waals surface area contributed by atoms with E-state index in [0.717, 1.165) is 16.9 Å². The number of hydrogen-bond acceptors (Lipinski definition) is 5. The Hall–Kier alpha value is -4.22. The molecule has 4 aromatic rings. The van der Waals surface area contributed by atoms with Crippen molar-refractivity contribution >= 4 is 53.4 Å². The van der Waals surface area contributed by atoms with E-state index in [2.05, 4.69) is 26.3 Å². The minimum atomic E-state index is -0.388. The van der Waals surface area contributed by atoms with Crippen LogP contribution in [0.25, 0.3) is 5.69 Å². The maximum Gasteiger partial charge on any atom is 0.323 e. The summed E-state index contributed by atoms with van der Waals surface area (Å²) in [5.41, 5.74) is 6.72. The van der Waals surface area contributed by atoms with Gasteiger partial charge in [0, 0.05) is 11.4 Å². The maximum absolute atomic E-state index is 12.6. The van der Waals surface area contributed by atoms with Gasteiger partial charge in [0.25, 0.3) is 0 Å². The Morgan fingerprint density at radius 3 is 2.20 bits per heavy atom. The van der Waals surface area contributed by atoms with Crippen LogP contribution in [0.2, 0.25) is 0 Å². The van der Waals surface area contributed by atoms with Crippen LogP contribution in [0.4, 0.5) is 21.9 Å². The van der Waals surface area contributed by atoms with Gasteiger partial charge in [-0.05, 0) is 72.5 Å². The van der Waals surface area contributed by atoms with Crippen LogP contribution in [-0.2, 0) is 4.79 Å². The van der Waals surface area contributed by atoms with Gasteiger partial charge in [-0.1, -0.05) is 36.4 Å². The molecule has 0 bridgehead atoms. The molecule has 0 radical (unpaired) electrons. The number of aromatic nitrogens is 3. The Balaban J connectivity index is 1.27. The summed E-state index contributed by atoms with van der Waals surface area (Å²) in [4.78, 5) is 24.7. The van der Waals surface area contributed by atoms with Crippen molar-refractivity contribution in [2.75, 3.05) is 15.6 Å². The minimum absolute atomic E-state index is 0.0373. The van der Waals surface area contributed by atoms with Gasteiger partial charge < -0.3 is 10.6 Å². The van der Waals surface area contributed by atoms with Gasteiger partial charge in [-0.2, -0.15) is 0 Å². The van der Waals surface area contributed by atoms with Crippen molar-refractivity contribution in [3.63, 3.8) is 0 Å². The number of nitrogens with one attached hydrogen (secondary N) is 5. The van der Waals surface area contributed by atoms with Crippen LogP contribution in [0.3, 0.4) is 0 Å². The van der Waals surface area contributed by atoms with Crippen molar-refractivity contribution in [3.8, 4) is 5.69 Å². The van der Waals surface area contributed by atoms with Crippen LogP contribution in [0, 0.1) is 9.54 Å². The first-order valence-corrected chi connectivity index (χ1v) is 11.6. The Kier molecular flexibility index (Phi) is 6.17. The summed E-state index contributed by atoms with van der Waals surface area (Å²) in [5.74, 6) is -0.0373. The zero-order valence-corrected chi connectivity index (χ0v) is 20.0. The van der Waals surface area contributed by atoms with E-state index >= 15 is 0 Å². The first kappa shape index (κ1) is 22.6. The molecule has 11 heteroatoms. The van der Waals surface area contributed by atoms with Crippen molar-refractivity contribution in [3.05, 3.63) is 94.0 Å². The predicted octanol–water partition coefficient (Wildman–Crippen LogP) is 5.22. The SMILES string of the molecule is O=C1CC(c2ccc(NC(=O)Nc3cccc(-n4c(=S)[nH][nH]c4=S)c3)cc2)N(c2ccccc2)N1. The van der Waals surface area contributed by atoms with Crippen LogP contribution in [0.5, 0.6) is 0 Å². The molecule has 176 valence electrons. The highest BCUT2D eigenvalue weighted by molar-refractivity contribution is 7.72. The molecule has 1 atom stereocenters. The highest BCUT2D eigenvalue weighted by atomic mass is 32.1. The summed E-state index contributed by atoms with van der Waals surface area (Å²) >= 11 is 10.5. The summed E-state index contributed by atoms with van der Waals surface area (Å²) in [5, 5.41) is 13.1. The molecule has 5 rings (SSSR count). The summed E-state index contributed by atoms with van der Waals surface area (Å²) < 4.78 is 2.52. The van der Waals surface area contributed by atoms with Gasteiger partial charge in [-0.25, -0.2) is 4.79 Å². The predicted molar refractivity (Wildman–Crippen MR) is 140 cm³/mol. The van der Waals surface area contributed by atoms with Crippen molar-refractivity contribution in [1.82, 2.24) is 20.2 Å². The molecule has 1 aromatic heterocycles. The molecule has 0 spiro atoms. The van der Waals surface area contributed by atoms with Gasteiger partial charge in [0.05, 0.1) is 23.8 Å². The van der Waals surface area contributed by atoms with Gasteiger partial charge >= 0.3 is 6.03 Å². The lowest BCUT2D eigenvalue weighted by Crippen LogP contribution is -2.34. The van der Waals surface area contributed by atoms with E-state index in [0.29, 0.717) is 27.3 Å². The molecule has 1 fully saturated rings. The number of H-pyrrole nitrogens is 2. The molecule has 3 aromatic carbocycles. The van der Waals surface area contributed by atoms with E-state index in [1.165, 1.54) is 0 Å². The molecular formula is C24H21N7O2S2. The number of carbonyl (C=O) groups excluding carboxylic acids is 2. The van der Waals surface area contributed by atoms with Gasteiger partial charge in [0.1, 0.15) is 0 Å². The Morgan fingerprint density at radius 1 is 0.829 bits per heavy atom. The first-order chi connectivity index (χ1) is 17.0. The van der Waals surface area contributed by atoms with Crippen LogP contribution in [0.15, 0.2) is 78.9 Å². The Bertz CT molecular complexity index is 1470. The van der Waals surface area contributed by atoms with E-state index in [4.69, 9.17) is 24.4 Å². The van der Waals surface area contributed by atoms with Crippen molar-refractivity contribution in [2.45, 2.75) is 12.5 Å². The summed E-state index contributed by atoms with van der Waals surface area (Å²) in [6.45, 7) is 0. The summed E-state index contributed by atoms with van der Waals surface area (Å²) in [6, 6.07) is 23.8. The average molecular weight is 504 g/mol. The van der Waals surface area contributed by atoms with Crippen molar-refractivity contribution in [2.24, 2.45) is 0 Å². The molecular weight excluding hydrogens is 482 g/mol. The second-order valence-corrected chi connectivity index (χ2v) is 8.68. The van der Waals surface area contributed by atoms with Crippen LogP contribution < -0.4 is 21.1 Å². The Morgan fingerprint density at radius 2 is 1.49 bits per heavy atom. The van der Waals surface area contributed by atoms with Crippen molar-refractivity contribution < 1.29 is 9.59 Å². The van der Waals surface area contributed by atoms with Gasteiger partial charge in [0.2, 0.25) is 5.91 Å². The quantitative estimate of drug-likeness (QED) is 0.240. The fraction of sp³-hybridized carbons (Fsp3) is 0.0833. The number of benzene rings is 3. The maximum atomic E-state index is 12.6. The lowest BCUT2D eigenvalue weighted by Gasteiger charge is -2.25. The fourth-order valence-electron chi connectivity index (χ4n) is 3.98. The second-order valence-electron chi connectivity index (χ2n) is 7.91. The number of hydrazine groups is 1. The van der Waals surface area contributed by atoms with E-state index in [9.17, 15) is 9.59 Å². The first-order valence-electron chi connectivity index (χ1n) is 10.8. The average Bonchev–Trinajstić information content (AvgIpc) is 3.41. The normalized spacial score (nSPS) is 15.0. The monoisotopic (exact) mass is 503 g/mol. The zero-order valence-electron chi connectivity index (χ0n) is 18.3. The Labute approximate surface area is 210 Å². The number of rotatable bonds is 5. The van der Waals surface area contributed by atoms with Crippen molar-refractivity contribution in [1.29, 1.82) is 0 Å². The number of aromatic amines is 2. The van der Waals surface area contributed by atoms with Crippen LogP contribution in [-0.4, -0.2) is 26.7 Å². The molecule has 35 heavy (non-hydrogen) atoms. The number of carbonyl (C=O) groups is 2. The summed E-state index contributed by atoms with van der Waals surface area (Å²) in [6.07, 6.45) is 0.355. The van der Waals surface area contributed by atoms with E-state index in [1.807, 2.05) is 65.7 Å². The third-order valence-electron chi connectivity index (χ3n) is 5.57. The zero-order chi connectivity index (χ0) is 24.4. The highest BCUT2D eigenvalue weighted by Gasteiger charge is 2.31. The molecule has 5 N–H and O–H groups in total. The van der Waals surface area contributed by atoms with E-state index in [-0.39, 0.29) is 18.0 Å². The molecule has 9 nitrogen and oxygen atoms in total. The van der Waals surface area contributed by atoms with Crippen LogP contribution in [0.1, 0.15) is 18.0 Å². The molecule has 1 unspecified atom stereocenters. The lowest BCUT2D eigenvalue weighted by molar-refractivity contribution is -0.119. The topological polar surface area (TPSA) is 110 Å². The van der Waals surface area contributed by atoms with Gasteiger partial charge in [-0.3, -0.25) is 30.0 Å². The van der Waals surface area contributed by atoms with Gasteiger partial charge in [0.15, 0.2) is 9.54 Å². The van der Waals surface area contributed by atoms with Crippen LogP contribution >= 0.6 is 24.4 Å². The number of anilines is 3. The largest absolute Gasteiger partial charge is 0.323 e. The molecule has 1 aliphatic rings. The standard InChI is InChI=1S/C24H21N7O2S2/c32-21-14-20(31(29-21)18-6-2-1-3-7-18)15-9-11-16(12-10-15)25-22(33)26-17-5-4-8-19(13-17)30-23(34)27-28-24(30)35/h1-13,20H,14H2,(H,27,34)(H,28,35)(H,29,32)(H2,25,26,33). The molecule has 0 saturated carbocycles. The lowest BCUT2D eigenvalue weighted by atomic mass is 10.0. The number of para-hydroxylation sites is 1. The van der Waals surface area contributed by atoms with E-state index in [1.54, 1.807) is 22.8 Å². The third kappa shape index (κ3) is 4.86. The summed E-state index contributed by atoms with van der Waals surface area (Å²) in [7, 11) is 0. The number of urea groups is 1. The number of amides is 3. The molecule has 3 amide bonds. The second kappa shape index (κ2) is 9.57. The smallest absolute Gasteiger partial charge is 0.308 e. The number of hydrogen-bond donors (Lipinski definition) is 5. The molecule has 1 saturated heterocycles.